The summed E-state index contributed by atoms with van der Waals surface area (Å²) in [6.45, 7) is 3.27. The Morgan fingerprint density at radius 1 is 1.47 bits per heavy atom. The number of carbonyl (C=O) groups is 1. The third-order valence-corrected chi connectivity index (χ3v) is 2.85. The quantitative estimate of drug-likeness (QED) is 0.777. The van der Waals surface area contributed by atoms with Crippen LogP contribution in [0.4, 0.5) is 5.69 Å². The second-order valence-electron chi connectivity index (χ2n) is 4.56. The van der Waals surface area contributed by atoms with E-state index in [0.717, 1.165) is 0 Å². The average Bonchev–Trinajstić information content (AvgIpc) is 2.82. The van der Waals surface area contributed by atoms with Crippen molar-refractivity contribution in [1.29, 1.82) is 0 Å². The number of nitrogens with one attached hydrogen (secondary N) is 1. The molecule has 0 aliphatic carbocycles. The summed E-state index contributed by atoms with van der Waals surface area (Å²) in [7, 11) is 1.63. The normalized spacial score (nSPS) is 14.2. The first-order valence-electron chi connectivity index (χ1n) is 6.08. The Hall–Kier alpha value is -1.95. The maximum absolute atomic E-state index is 12.0. The number of carbonyl (C=O) groups excluding carboxylic acids is 1. The lowest BCUT2D eigenvalue weighted by Crippen LogP contribution is -2.30. The smallest absolute Gasteiger partial charge is 0.253 e. The van der Waals surface area contributed by atoms with Gasteiger partial charge in [0.1, 0.15) is 0 Å². The summed E-state index contributed by atoms with van der Waals surface area (Å²) in [5.41, 5.74) is 6.61. The molecule has 1 atom stereocenters. The van der Waals surface area contributed by atoms with Gasteiger partial charge in [-0.05, 0) is 12.0 Å². The highest BCUT2D eigenvalue weighted by Crippen LogP contribution is 2.35. The Labute approximate surface area is 111 Å². The number of ether oxygens (including phenoxy) is 3. The number of benzene rings is 1. The van der Waals surface area contributed by atoms with Crippen LogP contribution in [0, 0.1) is 5.92 Å². The first-order valence-corrected chi connectivity index (χ1v) is 6.08. The molecule has 0 aromatic heterocycles. The SMILES string of the molecule is COCC(C)CNC(=O)c1cc2c(cc1N)OCO2. The van der Waals surface area contributed by atoms with Gasteiger partial charge in [-0.1, -0.05) is 6.92 Å². The predicted octanol–water partition coefficient (Wildman–Crippen LogP) is 1.01. The van der Waals surface area contributed by atoms with Crippen molar-refractivity contribution in [3.05, 3.63) is 17.7 Å². The zero-order valence-corrected chi connectivity index (χ0v) is 11.1. The second-order valence-corrected chi connectivity index (χ2v) is 4.56. The number of hydrogen-bond donors (Lipinski definition) is 2. The van der Waals surface area contributed by atoms with E-state index < -0.39 is 0 Å². The van der Waals surface area contributed by atoms with Crippen LogP contribution in [0.15, 0.2) is 12.1 Å². The third-order valence-electron chi connectivity index (χ3n) is 2.85. The lowest BCUT2D eigenvalue weighted by atomic mass is 10.1. The van der Waals surface area contributed by atoms with Gasteiger partial charge in [-0.25, -0.2) is 0 Å². The van der Waals surface area contributed by atoms with Gasteiger partial charge >= 0.3 is 0 Å². The van der Waals surface area contributed by atoms with Crippen LogP contribution in [-0.2, 0) is 4.74 Å². The predicted molar refractivity (Wildman–Crippen MR) is 70.4 cm³/mol. The maximum atomic E-state index is 12.0. The van der Waals surface area contributed by atoms with E-state index >= 15 is 0 Å². The van der Waals surface area contributed by atoms with Crippen LogP contribution in [-0.4, -0.2) is 33.0 Å². The van der Waals surface area contributed by atoms with E-state index in [1.165, 1.54) is 0 Å². The van der Waals surface area contributed by atoms with Crippen molar-refractivity contribution in [3.63, 3.8) is 0 Å². The van der Waals surface area contributed by atoms with Crippen LogP contribution in [0.1, 0.15) is 17.3 Å². The molecule has 0 fully saturated rings. The van der Waals surface area contributed by atoms with E-state index in [2.05, 4.69) is 5.32 Å². The lowest BCUT2D eigenvalue weighted by molar-refractivity contribution is 0.0934. The highest BCUT2D eigenvalue weighted by atomic mass is 16.7. The van der Waals surface area contributed by atoms with Crippen molar-refractivity contribution in [3.8, 4) is 11.5 Å². The molecule has 0 spiro atoms. The molecule has 6 nitrogen and oxygen atoms in total. The van der Waals surface area contributed by atoms with Crippen LogP contribution >= 0.6 is 0 Å². The fourth-order valence-corrected chi connectivity index (χ4v) is 1.86. The van der Waals surface area contributed by atoms with E-state index in [9.17, 15) is 4.79 Å². The number of hydrogen-bond acceptors (Lipinski definition) is 5. The fourth-order valence-electron chi connectivity index (χ4n) is 1.86. The third kappa shape index (κ3) is 3.08. The molecule has 1 amide bonds. The minimum atomic E-state index is -0.223. The van der Waals surface area contributed by atoms with Crippen molar-refractivity contribution >= 4 is 11.6 Å². The molecular weight excluding hydrogens is 248 g/mol. The highest BCUT2D eigenvalue weighted by Gasteiger charge is 2.19. The molecule has 1 aliphatic rings. The molecule has 1 aromatic rings. The second kappa shape index (κ2) is 5.79. The van der Waals surface area contributed by atoms with Crippen molar-refractivity contribution in [2.45, 2.75) is 6.92 Å². The number of rotatable bonds is 5. The summed E-state index contributed by atoms with van der Waals surface area (Å²) >= 11 is 0. The fraction of sp³-hybridized carbons (Fsp3) is 0.462. The van der Waals surface area contributed by atoms with Gasteiger partial charge in [0.05, 0.1) is 12.2 Å². The number of nitrogens with two attached hydrogens (primary N) is 1. The first kappa shape index (κ1) is 13.5. The minimum Gasteiger partial charge on any atom is -0.454 e. The molecule has 6 heteroatoms. The topological polar surface area (TPSA) is 82.8 Å². The molecule has 1 unspecified atom stereocenters. The van der Waals surface area contributed by atoms with E-state index in [1.54, 1.807) is 19.2 Å². The summed E-state index contributed by atoms with van der Waals surface area (Å²) in [5, 5.41) is 2.82. The zero-order valence-electron chi connectivity index (χ0n) is 11.1. The number of nitrogen functional groups attached to an aromatic ring is 1. The summed E-state index contributed by atoms with van der Waals surface area (Å²) in [4.78, 5) is 12.0. The molecule has 19 heavy (non-hydrogen) atoms. The van der Waals surface area contributed by atoms with Gasteiger partial charge in [0.15, 0.2) is 11.5 Å². The molecule has 1 aromatic carbocycles. The standard InChI is InChI=1S/C13H18N2O4/c1-8(6-17-2)5-15-13(16)9-3-11-12(4-10(9)14)19-7-18-11/h3-4,8H,5-7,14H2,1-2H3,(H,15,16). The van der Waals surface area contributed by atoms with Crippen LogP contribution in [0.3, 0.4) is 0 Å². The number of fused-ring (bicyclic) bond motifs is 1. The molecule has 0 radical (unpaired) electrons. The van der Waals surface area contributed by atoms with E-state index in [1.807, 2.05) is 6.92 Å². The Bertz CT molecular complexity index is 476. The monoisotopic (exact) mass is 266 g/mol. The van der Waals surface area contributed by atoms with Gasteiger partial charge in [-0.2, -0.15) is 0 Å². The molecule has 0 bridgehead atoms. The van der Waals surface area contributed by atoms with Crippen molar-refractivity contribution < 1.29 is 19.0 Å². The Morgan fingerprint density at radius 3 is 2.84 bits per heavy atom. The lowest BCUT2D eigenvalue weighted by Gasteiger charge is -2.12. The molecule has 0 saturated heterocycles. The first-order chi connectivity index (χ1) is 9.11. The number of methoxy groups -OCH3 is 1. The molecule has 104 valence electrons. The zero-order chi connectivity index (χ0) is 13.8. The van der Waals surface area contributed by atoms with Crippen LogP contribution in [0.25, 0.3) is 0 Å². The van der Waals surface area contributed by atoms with Gasteiger partial charge < -0.3 is 25.3 Å². The highest BCUT2D eigenvalue weighted by molar-refractivity contribution is 6.00. The van der Waals surface area contributed by atoms with Crippen LogP contribution in [0.5, 0.6) is 11.5 Å². The summed E-state index contributed by atoms with van der Waals surface area (Å²) in [6, 6.07) is 3.21. The van der Waals surface area contributed by atoms with Gasteiger partial charge in [0, 0.05) is 25.4 Å². The van der Waals surface area contributed by atoms with E-state index in [4.69, 9.17) is 19.9 Å². The Kier molecular flexibility index (Phi) is 4.11. The average molecular weight is 266 g/mol. The molecule has 1 heterocycles. The summed E-state index contributed by atoms with van der Waals surface area (Å²) in [5.74, 6) is 1.13. The van der Waals surface area contributed by atoms with Gasteiger partial charge in [0.25, 0.3) is 5.91 Å². The Morgan fingerprint density at radius 2 is 2.16 bits per heavy atom. The molecule has 3 N–H and O–H groups in total. The largest absolute Gasteiger partial charge is 0.454 e. The minimum absolute atomic E-state index is 0.157. The van der Waals surface area contributed by atoms with Crippen molar-refractivity contribution in [2.24, 2.45) is 5.92 Å². The summed E-state index contributed by atoms with van der Waals surface area (Å²) in [6.07, 6.45) is 0. The van der Waals surface area contributed by atoms with E-state index in [-0.39, 0.29) is 18.6 Å². The van der Waals surface area contributed by atoms with Gasteiger partial charge in [-0.15, -0.1) is 0 Å². The number of amides is 1. The van der Waals surface area contributed by atoms with Crippen LogP contribution < -0.4 is 20.5 Å². The Balaban J connectivity index is 2.03. The van der Waals surface area contributed by atoms with Crippen LogP contribution in [0.2, 0.25) is 0 Å². The van der Waals surface area contributed by atoms with Crippen molar-refractivity contribution in [2.75, 3.05) is 32.8 Å². The van der Waals surface area contributed by atoms with Crippen molar-refractivity contribution in [1.82, 2.24) is 5.32 Å². The summed E-state index contributed by atoms with van der Waals surface area (Å²) < 4.78 is 15.4. The molecule has 1 aliphatic heterocycles. The molecular formula is C13H18N2O4. The number of anilines is 1. The molecule has 2 rings (SSSR count). The molecule has 0 saturated carbocycles. The van der Waals surface area contributed by atoms with Gasteiger partial charge in [0.2, 0.25) is 6.79 Å². The van der Waals surface area contributed by atoms with E-state index in [0.29, 0.717) is 35.9 Å². The maximum Gasteiger partial charge on any atom is 0.253 e. The van der Waals surface area contributed by atoms with Gasteiger partial charge in [-0.3, -0.25) is 4.79 Å².